The van der Waals surface area contributed by atoms with E-state index in [0.29, 0.717) is 0 Å². The summed E-state index contributed by atoms with van der Waals surface area (Å²) in [6.45, 7) is 0. The van der Waals surface area contributed by atoms with Gasteiger partial charge in [0.25, 0.3) is 10.0 Å². The first-order valence-electron chi connectivity index (χ1n) is 5.07. The molecule has 0 saturated carbocycles. The van der Waals surface area contributed by atoms with Crippen LogP contribution in [0.2, 0.25) is 5.02 Å². The maximum absolute atomic E-state index is 13.2. The zero-order chi connectivity index (χ0) is 14.0. The molecule has 0 unspecified atom stereocenters. The average Bonchev–Trinajstić information content (AvgIpc) is 2.31. The molecule has 8 heteroatoms. The minimum Gasteiger partial charge on any atom is -0.399 e. The van der Waals surface area contributed by atoms with Crippen LogP contribution in [0.1, 0.15) is 0 Å². The first-order valence-corrected chi connectivity index (χ1v) is 6.93. The summed E-state index contributed by atoms with van der Waals surface area (Å²) in [6, 6.07) is 4.47. The van der Waals surface area contributed by atoms with Crippen LogP contribution in [-0.2, 0) is 10.0 Å². The number of nitrogens with one attached hydrogen (secondary N) is 1. The Labute approximate surface area is 114 Å². The second-order valence-electron chi connectivity index (χ2n) is 3.68. The van der Waals surface area contributed by atoms with E-state index in [1.165, 1.54) is 18.5 Å². The summed E-state index contributed by atoms with van der Waals surface area (Å²) in [4.78, 5) is 3.46. The van der Waals surface area contributed by atoms with Gasteiger partial charge in [-0.1, -0.05) is 11.6 Å². The summed E-state index contributed by atoms with van der Waals surface area (Å²) >= 11 is 5.81. The highest BCUT2D eigenvalue weighted by Crippen LogP contribution is 2.24. The van der Waals surface area contributed by atoms with Crippen LogP contribution in [-0.4, -0.2) is 13.4 Å². The van der Waals surface area contributed by atoms with Crippen LogP contribution in [0.25, 0.3) is 0 Å². The summed E-state index contributed by atoms with van der Waals surface area (Å²) in [5.74, 6) is -0.738. The Morgan fingerprint density at radius 3 is 2.68 bits per heavy atom. The molecule has 3 N–H and O–H groups in total. The van der Waals surface area contributed by atoms with E-state index in [-0.39, 0.29) is 21.3 Å². The number of halogens is 2. The van der Waals surface area contributed by atoms with Gasteiger partial charge in [0.2, 0.25) is 0 Å². The lowest BCUT2D eigenvalue weighted by atomic mass is 10.3. The Hall–Kier alpha value is -1.86. The zero-order valence-corrected chi connectivity index (χ0v) is 11.0. The largest absolute Gasteiger partial charge is 0.399 e. The topological polar surface area (TPSA) is 85.1 Å². The van der Waals surface area contributed by atoms with Crippen molar-refractivity contribution in [2.45, 2.75) is 4.90 Å². The molecule has 0 aliphatic carbocycles. The number of anilines is 2. The zero-order valence-electron chi connectivity index (χ0n) is 9.47. The molecule has 0 fully saturated rings. The molecule has 100 valence electrons. The van der Waals surface area contributed by atoms with Crippen molar-refractivity contribution in [1.29, 1.82) is 0 Å². The summed E-state index contributed by atoms with van der Waals surface area (Å²) in [7, 11) is -3.98. The van der Waals surface area contributed by atoms with Gasteiger partial charge in [-0.25, -0.2) is 12.8 Å². The SMILES string of the molecule is Nc1cc(F)cc(S(=O)(=O)Nc2cnccc2Cl)c1. The van der Waals surface area contributed by atoms with Gasteiger partial charge in [-0.15, -0.1) is 0 Å². The van der Waals surface area contributed by atoms with Crippen LogP contribution >= 0.6 is 11.6 Å². The maximum Gasteiger partial charge on any atom is 0.262 e. The lowest BCUT2D eigenvalue weighted by molar-refractivity contribution is 0.595. The summed E-state index contributed by atoms with van der Waals surface area (Å²) < 4.78 is 39.5. The quantitative estimate of drug-likeness (QED) is 0.852. The molecular formula is C11H9ClFN3O2S. The van der Waals surface area contributed by atoms with Gasteiger partial charge >= 0.3 is 0 Å². The summed E-state index contributed by atoms with van der Waals surface area (Å²) in [5, 5.41) is 0.183. The summed E-state index contributed by atoms with van der Waals surface area (Å²) in [6.07, 6.45) is 2.67. The molecule has 0 bridgehead atoms. The van der Waals surface area contributed by atoms with Crippen molar-refractivity contribution >= 4 is 33.0 Å². The molecule has 2 rings (SSSR count). The third-order valence-corrected chi connectivity index (χ3v) is 3.89. The molecule has 0 radical (unpaired) electrons. The number of sulfonamides is 1. The van der Waals surface area contributed by atoms with Crippen molar-refractivity contribution in [2.24, 2.45) is 0 Å². The van der Waals surface area contributed by atoms with Crippen molar-refractivity contribution in [3.05, 3.63) is 47.5 Å². The van der Waals surface area contributed by atoms with Crippen LogP contribution in [0, 0.1) is 5.82 Å². The van der Waals surface area contributed by atoms with Crippen LogP contribution < -0.4 is 10.5 Å². The van der Waals surface area contributed by atoms with E-state index in [2.05, 4.69) is 9.71 Å². The smallest absolute Gasteiger partial charge is 0.262 e. The van der Waals surface area contributed by atoms with E-state index < -0.39 is 15.8 Å². The van der Waals surface area contributed by atoms with Gasteiger partial charge in [-0.3, -0.25) is 9.71 Å². The van der Waals surface area contributed by atoms with Crippen LogP contribution in [0.15, 0.2) is 41.6 Å². The van der Waals surface area contributed by atoms with Crippen molar-refractivity contribution in [2.75, 3.05) is 10.5 Å². The van der Waals surface area contributed by atoms with Gasteiger partial charge < -0.3 is 5.73 Å². The molecule has 0 aliphatic heterocycles. The number of nitrogens with two attached hydrogens (primary N) is 1. The fourth-order valence-electron chi connectivity index (χ4n) is 1.40. The van der Waals surface area contributed by atoms with Crippen molar-refractivity contribution in [3.8, 4) is 0 Å². The molecule has 0 amide bonds. The van der Waals surface area contributed by atoms with Crippen molar-refractivity contribution in [3.63, 3.8) is 0 Å². The predicted molar refractivity (Wildman–Crippen MR) is 70.9 cm³/mol. The van der Waals surface area contributed by atoms with E-state index in [9.17, 15) is 12.8 Å². The first kappa shape index (κ1) is 13.6. The van der Waals surface area contributed by atoms with Crippen molar-refractivity contribution in [1.82, 2.24) is 4.98 Å². The van der Waals surface area contributed by atoms with Gasteiger partial charge in [0, 0.05) is 11.9 Å². The fraction of sp³-hybridized carbons (Fsp3) is 0. The van der Waals surface area contributed by atoms with Gasteiger partial charge in [0.05, 0.1) is 21.8 Å². The highest BCUT2D eigenvalue weighted by molar-refractivity contribution is 7.92. The summed E-state index contributed by atoms with van der Waals surface area (Å²) in [5.41, 5.74) is 5.52. The van der Waals surface area contributed by atoms with E-state index in [4.69, 9.17) is 17.3 Å². The Bertz CT molecular complexity index is 701. The molecule has 0 saturated heterocycles. The molecule has 0 aliphatic rings. The normalized spacial score (nSPS) is 11.3. The molecule has 0 atom stereocenters. The number of hydrogen-bond acceptors (Lipinski definition) is 4. The first-order chi connectivity index (χ1) is 8.88. The highest BCUT2D eigenvalue weighted by atomic mass is 35.5. The van der Waals surface area contributed by atoms with Crippen molar-refractivity contribution < 1.29 is 12.8 Å². The standard InChI is InChI=1S/C11H9ClFN3O2S/c12-10-1-2-15-6-11(10)16-19(17,18)9-4-7(13)3-8(14)5-9/h1-6,16H,14H2. The molecule has 2 aromatic rings. The van der Waals surface area contributed by atoms with Gasteiger partial charge in [0.1, 0.15) is 5.82 Å². The molecule has 1 aromatic carbocycles. The van der Waals surface area contributed by atoms with E-state index in [1.807, 2.05) is 0 Å². The Morgan fingerprint density at radius 2 is 2.05 bits per heavy atom. The monoisotopic (exact) mass is 301 g/mol. The second-order valence-corrected chi connectivity index (χ2v) is 5.77. The third kappa shape index (κ3) is 3.12. The average molecular weight is 302 g/mol. The van der Waals surface area contributed by atoms with Gasteiger partial charge in [-0.2, -0.15) is 0 Å². The highest BCUT2D eigenvalue weighted by Gasteiger charge is 2.17. The number of benzene rings is 1. The molecule has 19 heavy (non-hydrogen) atoms. The number of aromatic nitrogens is 1. The third-order valence-electron chi connectivity index (χ3n) is 2.22. The minimum absolute atomic E-state index is 0.0117. The molecule has 1 aromatic heterocycles. The fourth-order valence-corrected chi connectivity index (χ4v) is 2.73. The molecule has 5 nitrogen and oxygen atoms in total. The Kier molecular flexibility index (Phi) is 3.59. The van der Waals surface area contributed by atoms with E-state index in [1.54, 1.807) is 0 Å². The molecule has 0 spiro atoms. The van der Waals surface area contributed by atoms with Gasteiger partial charge in [0.15, 0.2) is 0 Å². The Morgan fingerprint density at radius 1 is 1.32 bits per heavy atom. The predicted octanol–water partition coefficient (Wildman–Crippen LogP) is 2.26. The van der Waals surface area contributed by atoms with Crippen LogP contribution in [0.3, 0.4) is 0 Å². The lowest BCUT2D eigenvalue weighted by Crippen LogP contribution is -2.14. The number of pyridine rings is 1. The maximum atomic E-state index is 13.2. The van der Waals surface area contributed by atoms with Crippen LogP contribution in [0.5, 0.6) is 0 Å². The second kappa shape index (κ2) is 5.02. The number of nitrogens with zero attached hydrogens (tertiary/aromatic N) is 1. The number of rotatable bonds is 3. The lowest BCUT2D eigenvalue weighted by Gasteiger charge is -2.09. The van der Waals surface area contributed by atoms with Gasteiger partial charge in [-0.05, 0) is 24.3 Å². The molecule has 1 heterocycles. The van der Waals surface area contributed by atoms with Crippen LogP contribution in [0.4, 0.5) is 15.8 Å². The number of hydrogen-bond donors (Lipinski definition) is 2. The number of nitrogen functional groups attached to an aromatic ring is 1. The minimum atomic E-state index is -3.98. The Balaban J connectivity index is 2.41. The van der Waals surface area contributed by atoms with E-state index >= 15 is 0 Å². The van der Waals surface area contributed by atoms with E-state index in [0.717, 1.165) is 18.2 Å². The molecular weight excluding hydrogens is 293 g/mol.